The monoisotopic (exact) mass is 265 g/mol. The van der Waals surface area contributed by atoms with Gasteiger partial charge in [-0.15, -0.1) is 0 Å². The number of hydrogen-bond donors (Lipinski definition) is 0. The minimum absolute atomic E-state index is 0.839. The molecule has 2 aromatic rings. The van der Waals surface area contributed by atoms with Crippen LogP contribution in [0, 0.1) is 31.6 Å². The summed E-state index contributed by atoms with van der Waals surface area (Å²) in [5, 5.41) is 0. The van der Waals surface area contributed by atoms with E-state index in [0.717, 1.165) is 35.2 Å². The second-order valence-corrected chi connectivity index (χ2v) is 5.56. The highest BCUT2D eigenvalue weighted by molar-refractivity contribution is 5.39. The number of hydrogen-bond acceptors (Lipinski definition) is 2. The average molecular weight is 265 g/mol. The molecule has 0 bridgehead atoms. The molecule has 3 rings (SSSR count). The summed E-state index contributed by atoms with van der Waals surface area (Å²) in [6.07, 6.45) is 7.96. The molecule has 0 radical (unpaired) electrons. The van der Waals surface area contributed by atoms with E-state index in [0.29, 0.717) is 0 Å². The number of aryl methyl sites for hydroxylation is 2. The topological polar surface area (TPSA) is 30.7 Å². The van der Waals surface area contributed by atoms with Gasteiger partial charge in [0.25, 0.3) is 0 Å². The Morgan fingerprint density at radius 3 is 2.85 bits per heavy atom. The minimum atomic E-state index is 0.839. The zero-order chi connectivity index (χ0) is 13.9. The average Bonchev–Trinajstić information content (AvgIpc) is 2.72. The van der Waals surface area contributed by atoms with Crippen molar-refractivity contribution in [1.29, 1.82) is 0 Å². The molecule has 1 aliphatic rings. The van der Waals surface area contributed by atoms with Crippen LogP contribution in [0.25, 0.3) is 0 Å². The van der Waals surface area contributed by atoms with Crippen LogP contribution in [-0.2, 0) is 6.54 Å². The molecule has 0 aromatic carbocycles. The first kappa shape index (κ1) is 12.9. The molecule has 3 nitrogen and oxygen atoms in total. The van der Waals surface area contributed by atoms with Gasteiger partial charge in [-0.1, -0.05) is 12.3 Å². The Labute approximate surface area is 120 Å². The predicted molar refractivity (Wildman–Crippen MR) is 79.3 cm³/mol. The molecule has 1 fully saturated rings. The zero-order valence-electron chi connectivity index (χ0n) is 12.1. The quantitative estimate of drug-likeness (QED) is 0.781. The third-order valence-corrected chi connectivity index (χ3v) is 3.89. The molecule has 102 valence electrons. The van der Waals surface area contributed by atoms with Gasteiger partial charge in [-0.3, -0.25) is 4.98 Å². The van der Waals surface area contributed by atoms with Crippen LogP contribution in [0.4, 0.5) is 0 Å². The number of rotatable bonds is 2. The molecular weight excluding hydrogens is 246 g/mol. The van der Waals surface area contributed by atoms with Crippen molar-refractivity contribution in [2.24, 2.45) is 5.92 Å². The van der Waals surface area contributed by atoms with Crippen LogP contribution >= 0.6 is 0 Å². The van der Waals surface area contributed by atoms with Crippen molar-refractivity contribution in [2.75, 3.05) is 0 Å². The maximum absolute atomic E-state index is 4.53. The Hall–Kier alpha value is -2.08. The molecule has 2 aromatic heterocycles. The van der Waals surface area contributed by atoms with Gasteiger partial charge in [0, 0.05) is 30.2 Å². The van der Waals surface area contributed by atoms with Crippen LogP contribution in [0.1, 0.15) is 42.0 Å². The van der Waals surface area contributed by atoms with E-state index in [9.17, 15) is 0 Å². The van der Waals surface area contributed by atoms with Crippen molar-refractivity contribution in [3.8, 4) is 11.8 Å². The van der Waals surface area contributed by atoms with Gasteiger partial charge in [0.15, 0.2) is 0 Å². The summed E-state index contributed by atoms with van der Waals surface area (Å²) in [4.78, 5) is 8.71. The summed E-state index contributed by atoms with van der Waals surface area (Å²) < 4.78 is 2.24. The Morgan fingerprint density at radius 2 is 2.15 bits per heavy atom. The fourth-order valence-corrected chi connectivity index (χ4v) is 2.47. The van der Waals surface area contributed by atoms with Crippen molar-refractivity contribution in [1.82, 2.24) is 14.5 Å². The first-order chi connectivity index (χ1) is 9.70. The SMILES string of the molecule is Cc1cc(C#Cc2cn(CC3CCC3)c(C)n2)ccn1. The maximum Gasteiger partial charge on any atom is 0.131 e. The molecule has 0 N–H and O–H groups in total. The van der Waals surface area contributed by atoms with Gasteiger partial charge in [0.1, 0.15) is 11.5 Å². The minimum Gasteiger partial charge on any atom is -0.334 e. The number of pyridine rings is 1. The largest absolute Gasteiger partial charge is 0.334 e. The first-order valence-corrected chi connectivity index (χ1v) is 7.19. The van der Waals surface area contributed by atoms with Crippen LogP contribution in [0.3, 0.4) is 0 Å². The lowest BCUT2D eigenvalue weighted by atomic mass is 9.85. The van der Waals surface area contributed by atoms with Crippen molar-refractivity contribution in [2.45, 2.75) is 39.7 Å². The normalized spacial score (nSPS) is 14.5. The van der Waals surface area contributed by atoms with E-state index in [-0.39, 0.29) is 0 Å². The van der Waals surface area contributed by atoms with Gasteiger partial charge in [-0.05, 0) is 50.7 Å². The van der Waals surface area contributed by atoms with Crippen LogP contribution < -0.4 is 0 Å². The molecule has 3 heteroatoms. The standard InChI is InChI=1S/C17H19N3/c1-13-10-15(8-9-18-13)6-7-17-12-20(14(2)19-17)11-16-4-3-5-16/h8-10,12,16H,3-5,11H2,1-2H3. The van der Waals surface area contributed by atoms with Crippen molar-refractivity contribution in [3.05, 3.63) is 47.3 Å². The fourth-order valence-electron chi connectivity index (χ4n) is 2.47. The molecule has 2 heterocycles. The molecule has 0 saturated heterocycles. The summed E-state index contributed by atoms with van der Waals surface area (Å²) in [7, 11) is 0. The summed E-state index contributed by atoms with van der Waals surface area (Å²) in [6, 6.07) is 3.92. The highest BCUT2D eigenvalue weighted by atomic mass is 15.1. The third kappa shape index (κ3) is 2.91. The van der Waals surface area contributed by atoms with Crippen LogP contribution in [0.5, 0.6) is 0 Å². The predicted octanol–water partition coefficient (Wildman–Crippen LogP) is 3.09. The Balaban J connectivity index is 1.76. The molecule has 0 amide bonds. The van der Waals surface area contributed by atoms with E-state index < -0.39 is 0 Å². The van der Waals surface area contributed by atoms with Crippen LogP contribution in [0.15, 0.2) is 24.5 Å². The van der Waals surface area contributed by atoms with Gasteiger partial charge >= 0.3 is 0 Å². The van der Waals surface area contributed by atoms with E-state index >= 15 is 0 Å². The van der Waals surface area contributed by atoms with Gasteiger partial charge in [-0.25, -0.2) is 4.98 Å². The lowest BCUT2D eigenvalue weighted by Crippen LogP contribution is -2.18. The lowest BCUT2D eigenvalue weighted by Gasteiger charge is -2.25. The van der Waals surface area contributed by atoms with E-state index in [1.165, 1.54) is 19.3 Å². The summed E-state index contributed by atoms with van der Waals surface area (Å²) >= 11 is 0. The molecular formula is C17H19N3. The lowest BCUT2D eigenvalue weighted by molar-refractivity contribution is 0.274. The van der Waals surface area contributed by atoms with Crippen molar-refractivity contribution < 1.29 is 0 Å². The summed E-state index contributed by atoms with van der Waals surface area (Å²) in [6.45, 7) is 5.12. The van der Waals surface area contributed by atoms with E-state index in [2.05, 4.69) is 39.5 Å². The first-order valence-electron chi connectivity index (χ1n) is 7.19. The van der Waals surface area contributed by atoms with Crippen LogP contribution in [-0.4, -0.2) is 14.5 Å². The van der Waals surface area contributed by atoms with Crippen molar-refractivity contribution >= 4 is 0 Å². The van der Waals surface area contributed by atoms with E-state index in [1.807, 2.05) is 19.1 Å². The Bertz CT molecular complexity index is 669. The van der Waals surface area contributed by atoms with Crippen molar-refractivity contribution in [3.63, 3.8) is 0 Å². The van der Waals surface area contributed by atoms with E-state index in [1.54, 1.807) is 6.20 Å². The molecule has 0 aliphatic heterocycles. The second-order valence-electron chi connectivity index (χ2n) is 5.56. The molecule has 1 saturated carbocycles. The fraction of sp³-hybridized carbons (Fsp3) is 0.412. The number of nitrogens with zero attached hydrogens (tertiary/aromatic N) is 3. The Kier molecular flexibility index (Phi) is 3.56. The Morgan fingerprint density at radius 1 is 1.30 bits per heavy atom. The third-order valence-electron chi connectivity index (χ3n) is 3.89. The molecule has 0 unspecified atom stereocenters. The molecule has 0 atom stereocenters. The number of aromatic nitrogens is 3. The van der Waals surface area contributed by atoms with Gasteiger partial charge in [-0.2, -0.15) is 0 Å². The maximum atomic E-state index is 4.53. The van der Waals surface area contributed by atoms with Crippen LogP contribution in [0.2, 0.25) is 0 Å². The van der Waals surface area contributed by atoms with Gasteiger partial charge < -0.3 is 4.57 Å². The summed E-state index contributed by atoms with van der Waals surface area (Å²) in [5.41, 5.74) is 2.84. The smallest absolute Gasteiger partial charge is 0.131 e. The molecule has 20 heavy (non-hydrogen) atoms. The zero-order valence-corrected chi connectivity index (χ0v) is 12.1. The number of imidazole rings is 1. The summed E-state index contributed by atoms with van der Waals surface area (Å²) in [5.74, 6) is 8.21. The van der Waals surface area contributed by atoms with Gasteiger partial charge in [0.2, 0.25) is 0 Å². The van der Waals surface area contributed by atoms with E-state index in [4.69, 9.17) is 0 Å². The van der Waals surface area contributed by atoms with Gasteiger partial charge in [0.05, 0.1) is 0 Å². The second kappa shape index (κ2) is 5.50. The highest BCUT2D eigenvalue weighted by Gasteiger charge is 2.18. The molecule has 1 aliphatic carbocycles. The highest BCUT2D eigenvalue weighted by Crippen LogP contribution is 2.28. The molecule has 0 spiro atoms.